The van der Waals surface area contributed by atoms with Gasteiger partial charge < -0.3 is 15.4 Å². The maximum atomic E-state index is 12.2. The van der Waals surface area contributed by atoms with Crippen molar-refractivity contribution < 1.29 is 14.2 Å². The highest BCUT2D eigenvalue weighted by atomic mass is 16.6. The van der Waals surface area contributed by atoms with E-state index in [1.54, 1.807) is 4.90 Å². The predicted molar refractivity (Wildman–Crippen MR) is 74.6 cm³/mol. The van der Waals surface area contributed by atoms with Gasteiger partial charge in [-0.05, 0) is 29.1 Å². The molecule has 0 aromatic carbocycles. The lowest BCUT2D eigenvalue weighted by Crippen LogP contribution is -2.44. The molecule has 21 heavy (non-hydrogen) atoms. The molecule has 0 aliphatic carbocycles. The Labute approximate surface area is 123 Å². The van der Waals surface area contributed by atoms with Crippen LogP contribution in [0.5, 0.6) is 0 Å². The number of amides is 1. The molecule has 3 rings (SSSR count). The van der Waals surface area contributed by atoms with Crippen LogP contribution in [-0.4, -0.2) is 72.0 Å². The van der Waals surface area contributed by atoms with Crippen LogP contribution < -0.4 is 5.73 Å². The van der Waals surface area contributed by atoms with E-state index in [1.807, 2.05) is 0 Å². The fourth-order valence-corrected chi connectivity index (χ4v) is 2.96. The van der Waals surface area contributed by atoms with Crippen molar-refractivity contribution in [2.45, 2.75) is 12.8 Å². The number of nitrogens with zero attached hydrogens (tertiary/aromatic N) is 4. The van der Waals surface area contributed by atoms with E-state index in [-0.39, 0.29) is 17.4 Å². The summed E-state index contributed by atoms with van der Waals surface area (Å²) in [5.74, 6) is 0.522. The topological polar surface area (TPSA) is 97.7 Å². The first-order chi connectivity index (χ1) is 10.2. The molecule has 1 aromatic heterocycles. The van der Waals surface area contributed by atoms with Gasteiger partial charge in [0.05, 0.1) is 13.2 Å². The van der Waals surface area contributed by atoms with Crippen LogP contribution >= 0.6 is 0 Å². The van der Waals surface area contributed by atoms with Gasteiger partial charge in [0.1, 0.15) is 0 Å². The third-order valence-corrected chi connectivity index (χ3v) is 4.24. The molecule has 2 fully saturated rings. The average molecular weight is 295 g/mol. The summed E-state index contributed by atoms with van der Waals surface area (Å²) < 4.78 is 9.85. The molecule has 3 heterocycles. The Morgan fingerprint density at radius 1 is 1.19 bits per heavy atom. The zero-order valence-electron chi connectivity index (χ0n) is 12.0. The van der Waals surface area contributed by atoms with Crippen molar-refractivity contribution in [1.29, 1.82) is 0 Å². The lowest BCUT2D eigenvalue weighted by molar-refractivity contribution is 0.0242. The molecule has 2 aliphatic heterocycles. The van der Waals surface area contributed by atoms with Crippen molar-refractivity contribution in [3.63, 3.8) is 0 Å². The highest BCUT2D eigenvalue weighted by molar-refractivity contribution is 5.96. The Hall–Kier alpha value is -1.67. The number of hydrogen-bond acceptors (Lipinski definition) is 7. The van der Waals surface area contributed by atoms with Gasteiger partial charge in [-0.1, -0.05) is 0 Å². The van der Waals surface area contributed by atoms with E-state index in [0.717, 1.165) is 58.8 Å². The number of ether oxygens (including phenoxy) is 1. The van der Waals surface area contributed by atoms with Crippen molar-refractivity contribution in [2.24, 2.45) is 5.92 Å². The lowest BCUT2D eigenvalue weighted by atomic mass is 9.96. The molecule has 0 bridgehead atoms. The fraction of sp³-hybridized carbons (Fsp3) is 0.769. The second-order valence-corrected chi connectivity index (χ2v) is 5.65. The van der Waals surface area contributed by atoms with E-state index in [9.17, 15) is 4.79 Å². The molecule has 0 unspecified atom stereocenters. The molecule has 8 heteroatoms. The van der Waals surface area contributed by atoms with Gasteiger partial charge in [-0.3, -0.25) is 9.69 Å². The Bertz CT molecular complexity index is 478. The summed E-state index contributed by atoms with van der Waals surface area (Å²) in [6.07, 6.45) is 2.02. The number of nitrogens with two attached hydrogens (primary N) is 1. The first-order valence-electron chi connectivity index (χ1n) is 7.41. The van der Waals surface area contributed by atoms with Crippen LogP contribution in [0.25, 0.3) is 0 Å². The Morgan fingerprint density at radius 3 is 2.52 bits per heavy atom. The van der Waals surface area contributed by atoms with Gasteiger partial charge in [-0.25, -0.2) is 4.63 Å². The molecule has 2 aliphatic rings. The summed E-state index contributed by atoms with van der Waals surface area (Å²) in [5.41, 5.74) is 5.69. The van der Waals surface area contributed by atoms with Crippen molar-refractivity contribution in [1.82, 2.24) is 20.1 Å². The van der Waals surface area contributed by atoms with Crippen LogP contribution in [0.2, 0.25) is 0 Å². The molecule has 1 amide bonds. The molecular formula is C13H21N5O3. The van der Waals surface area contributed by atoms with Gasteiger partial charge in [-0.15, -0.1) is 0 Å². The molecule has 0 saturated carbocycles. The minimum absolute atomic E-state index is 0.0652. The number of hydrogen-bond donors (Lipinski definition) is 1. The van der Waals surface area contributed by atoms with Gasteiger partial charge in [-0.2, -0.15) is 0 Å². The molecule has 2 saturated heterocycles. The lowest BCUT2D eigenvalue weighted by Gasteiger charge is -2.35. The van der Waals surface area contributed by atoms with Crippen LogP contribution in [0.3, 0.4) is 0 Å². The van der Waals surface area contributed by atoms with E-state index in [4.69, 9.17) is 10.5 Å². The minimum atomic E-state index is -0.182. The number of morpholine rings is 1. The van der Waals surface area contributed by atoms with Crippen molar-refractivity contribution in [3.8, 4) is 0 Å². The van der Waals surface area contributed by atoms with E-state index >= 15 is 0 Å². The smallest absolute Gasteiger partial charge is 0.280 e. The molecule has 0 atom stereocenters. The standard InChI is InChI=1S/C13H21N5O3/c14-12-11(15-21-16-12)13(19)18-3-1-10(2-4-18)9-17-5-7-20-8-6-17/h10H,1-9H2,(H2,14,16). The van der Waals surface area contributed by atoms with Crippen LogP contribution in [0.4, 0.5) is 5.82 Å². The maximum Gasteiger partial charge on any atom is 0.280 e. The Balaban J connectivity index is 1.48. The Morgan fingerprint density at radius 2 is 1.90 bits per heavy atom. The summed E-state index contributed by atoms with van der Waals surface area (Å²) in [7, 11) is 0. The minimum Gasteiger partial charge on any atom is -0.379 e. The van der Waals surface area contributed by atoms with E-state index in [1.165, 1.54) is 0 Å². The van der Waals surface area contributed by atoms with Gasteiger partial charge in [0.15, 0.2) is 0 Å². The van der Waals surface area contributed by atoms with Crippen molar-refractivity contribution in [3.05, 3.63) is 5.69 Å². The van der Waals surface area contributed by atoms with Crippen molar-refractivity contribution >= 4 is 11.7 Å². The highest BCUT2D eigenvalue weighted by Crippen LogP contribution is 2.21. The zero-order chi connectivity index (χ0) is 14.7. The van der Waals surface area contributed by atoms with Crippen molar-refractivity contribution in [2.75, 3.05) is 51.7 Å². The summed E-state index contributed by atoms with van der Waals surface area (Å²) in [6, 6.07) is 0. The second kappa shape index (κ2) is 6.40. The van der Waals surface area contributed by atoms with Crippen LogP contribution in [0.15, 0.2) is 4.63 Å². The monoisotopic (exact) mass is 295 g/mol. The summed E-state index contributed by atoms with van der Waals surface area (Å²) >= 11 is 0. The maximum absolute atomic E-state index is 12.2. The van der Waals surface area contributed by atoms with E-state index < -0.39 is 0 Å². The number of anilines is 1. The first-order valence-corrected chi connectivity index (χ1v) is 7.41. The number of nitrogen functional groups attached to an aromatic ring is 1. The molecule has 116 valence electrons. The average Bonchev–Trinajstić information content (AvgIpc) is 2.94. The summed E-state index contributed by atoms with van der Waals surface area (Å²) in [4.78, 5) is 16.5. The second-order valence-electron chi connectivity index (χ2n) is 5.65. The van der Waals surface area contributed by atoms with Crippen LogP contribution in [-0.2, 0) is 4.74 Å². The molecular weight excluding hydrogens is 274 g/mol. The highest BCUT2D eigenvalue weighted by Gasteiger charge is 2.28. The number of carbonyl (C=O) groups excluding carboxylic acids is 1. The van der Waals surface area contributed by atoms with Crippen LogP contribution in [0.1, 0.15) is 23.3 Å². The quantitative estimate of drug-likeness (QED) is 0.827. The number of piperidine rings is 1. The predicted octanol–water partition coefficient (Wildman–Crippen LogP) is -0.164. The number of rotatable bonds is 3. The van der Waals surface area contributed by atoms with Gasteiger partial charge >= 0.3 is 0 Å². The Kier molecular flexibility index (Phi) is 4.35. The fourth-order valence-electron chi connectivity index (χ4n) is 2.96. The third kappa shape index (κ3) is 3.33. The summed E-state index contributed by atoms with van der Waals surface area (Å²) in [5, 5.41) is 7.03. The number of carbonyl (C=O) groups is 1. The van der Waals surface area contributed by atoms with Crippen LogP contribution in [0, 0.1) is 5.92 Å². The first kappa shape index (κ1) is 14.3. The molecule has 8 nitrogen and oxygen atoms in total. The molecule has 2 N–H and O–H groups in total. The van der Waals surface area contributed by atoms with E-state index in [2.05, 4.69) is 19.8 Å². The number of likely N-dealkylation sites (tertiary alicyclic amines) is 1. The van der Waals surface area contributed by atoms with Gasteiger partial charge in [0.2, 0.25) is 11.5 Å². The molecule has 0 radical (unpaired) electrons. The van der Waals surface area contributed by atoms with Gasteiger partial charge in [0.25, 0.3) is 5.91 Å². The molecule has 0 spiro atoms. The third-order valence-electron chi connectivity index (χ3n) is 4.24. The molecule has 1 aromatic rings. The zero-order valence-corrected chi connectivity index (χ0v) is 12.0. The SMILES string of the molecule is Nc1nonc1C(=O)N1CCC(CN2CCOCC2)CC1. The largest absolute Gasteiger partial charge is 0.379 e. The number of aromatic nitrogens is 2. The van der Waals surface area contributed by atoms with E-state index in [0.29, 0.717) is 5.92 Å². The van der Waals surface area contributed by atoms with Gasteiger partial charge in [0, 0.05) is 32.7 Å². The summed E-state index contributed by atoms with van der Waals surface area (Å²) in [6.45, 7) is 6.26. The normalized spacial score (nSPS) is 21.6.